The molecular formula is C21H20F2N4O2. The van der Waals surface area contributed by atoms with Crippen molar-refractivity contribution < 1.29 is 18.3 Å². The van der Waals surface area contributed by atoms with Crippen LogP contribution in [0.3, 0.4) is 0 Å². The maximum Gasteiger partial charge on any atom is 0.255 e. The maximum absolute atomic E-state index is 14.2. The molecule has 150 valence electrons. The zero-order valence-corrected chi connectivity index (χ0v) is 16.2. The number of pyridine rings is 2. The molecule has 29 heavy (non-hydrogen) atoms. The first kappa shape index (κ1) is 20.2. The summed E-state index contributed by atoms with van der Waals surface area (Å²) >= 11 is 0. The van der Waals surface area contributed by atoms with Gasteiger partial charge in [0.2, 0.25) is 0 Å². The summed E-state index contributed by atoms with van der Waals surface area (Å²) in [5, 5.41) is 5.69. The van der Waals surface area contributed by atoms with Crippen LogP contribution >= 0.6 is 0 Å². The van der Waals surface area contributed by atoms with Gasteiger partial charge in [-0.2, -0.15) is 0 Å². The highest BCUT2D eigenvalue weighted by molar-refractivity contribution is 6.04. The Morgan fingerprint density at radius 1 is 1.10 bits per heavy atom. The highest BCUT2D eigenvalue weighted by Crippen LogP contribution is 2.33. The Hall–Kier alpha value is -3.55. The van der Waals surface area contributed by atoms with Crippen molar-refractivity contribution >= 4 is 17.4 Å². The molecule has 1 aliphatic rings. The monoisotopic (exact) mass is 398 g/mol. The third kappa shape index (κ3) is 4.01. The van der Waals surface area contributed by atoms with Gasteiger partial charge in [-0.25, -0.2) is 18.7 Å². The zero-order chi connectivity index (χ0) is 21.0. The lowest BCUT2D eigenvalue weighted by atomic mass is 10.1. The summed E-state index contributed by atoms with van der Waals surface area (Å²) in [6.45, 7) is 4.18. The molecule has 0 atom stereocenters. The summed E-state index contributed by atoms with van der Waals surface area (Å²) < 4.78 is 33.5. The predicted octanol–water partition coefficient (Wildman–Crippen LogP) is 4.44. The molecule has 0 spiro atoms. The van der Waals surface area contributed by atoms with E-state index in [4.69, 9.17) is 4.74 Å². The zero-order valence-electron chi connectivity index (χ0n) is 16.2. The Balaban J connectivity index is 0.00000117. The summed E-state index contributed by atoms with van der Waals surface area (Å²) in [6.07, 6.45) is 1.52. The number of amides is 1. The van der Waals surface area contributed by atoms with E-state index in [1.165, 1.54) is 25.4 Å². The summed E-state index contributed by atoms with van der Waals surface area (Å²) in [6, 6.07) is 8.42. The standard InChI is InChI=1S/C19H14F2N4O2.C2H6/c1-27-10-5-6-16(22-8-10)25-14-7-13(17-11(20)3-2-4-12(17)21)24-15-9-23-19(26)18(14)15;1-2/h2-8H,9H2,1H3,(H,23,26)(H,22,24,25);1-2H3. The van der Waals surface area contributed by atoms with Crippen molar-refractivity contribution in [3.05, 3.63) is 65.5 Å². The quantitative estimate of drug-likeness (QED) is 0.679. The minimum Gasteiger partial charge on any atom is -0.495 e. The topological polar surface area (TPSA) is 76.1 Å². The number of methoxy groups -OCH3 is 1. The van der Waals surface area contributed by atoms with Crippen LogP contribution in [-0.2, 0) is 6.54 Å². The number of ether oxygens (including phenoxy) is 1. The molecular weight excluding hydrogens is 378 g/mol. The van der Waals surface area contributed by atoms with Crippen LogP contribution in [0.2, 0.25) is 0 Å². The first-order valence-corrected chi connectivity index (χ1v) is 9.10. The van der Waals surface area contributed by atoms with Gasteiger partial charge in [-0.1, -0.05) is 19.9 Å². The van der Waals surface area contributed by atoms with Gasteiger partial charge in [0.1, 0.15) is 23.2 Å². The largest absolute Gasteiger partial charge is 0.495 e. The molecule has 1 aliphatic heterocycles. The molecule has 0 aliphatic carbocycles. The number of carbonyl (C=O) groups excluding carboxylic acids is 1. The van der Waals surface area contributed by atoms with E-state index in [1.54, 1.807) is 12.1 Å². The molecule has 0 saturated carbocycles. The van der Waals surface area contributed by atoms with Crippen molar-refractivity contribution in [2.75, 3.05) is 12.4 Å². The van der Waals surface area contributed by atoms with Gasteiger partial charge in [0.25, 0.3) is 5.91 Å². The van der Waals surface area contributed by atoms with Crippen molar-refractivity contribution in [1.29, 1.82) is 0 Å². The minimum atomic E-state index is -0.728. The average Bonchev–Trinajstić information content (AvgIpc) is 3.11. The first-order valence-electron chi connectivity index (χ1n) is 9.10. The van der Waals surface area contributed by atoms with Gasteiger partial charge in [-0.3, -0.25) is 4.79 Å². The van der Waals surface area contributed by atoms with E-state index in [0.717, 1.165) is 12.1 Å². The number of aromatic nitrogens is 2. The fourth-order valence-corrected chi connectivity index (χ4v) is 2.91. The number of halogens is 2. The van der Waals surface area contributed by atoms with E-state index in [2.05, 4.69) is 20.6 Å². The van der Waals surface area contributed by atoms with Gasteiger partial charge in [-0.05, 0) is 30.3 Å². The van der Waals surface area contributed by atoms with Crippen LogP contribution < -0.4 is 15.4 Å². The van der Waals surface area contributed by atoms with Crippen LogP contribution in [0.25, 0.3) is 11.3 Å². The Bertz CT molecular complexity index is 1020. The van der Waals surface area contributed by atoms with Crippen molar-refractivity contribution in [3.8, 4) is 17.0 Å². The van der Waals surface area contributed by atoms with E-state index in [0.29, 0.717) is 28.5 Å². The Labute approximate surface area is 167 Å². The van der Waals surface area contributed by atoms with E-state index >= 15 is 0 Å². The van der Waals surface area contributed by atoms with Gasteiger partial charge < -0.3 is 15.4 Å². The highest BCUT2D eigenvalue weighted by atomic mass is 19.1. The molecule has 3 aromatic rings. The smallest absolute Gasteiger partial charge is 0.255 e. The molecule has 0 unspecified atom stereocenters. The van der Waals surface area contributed by atoms with E-state index in [-0.39, 0.29) is 23.7 Å². The van der Waals surface area contributed by atoms with Gasteiger partial charge in [-0.15, -0.1) is 0 Å². The van der Waals surface area contributed by atoms with Crippen LogP contribution in [-0.4, -0.2) is 23.0 Å². The Morgan fingerprint density at radius 3 is 2.45 bits per heavy atom. The molecule has 2 N–H and O–H groups in total. The second-order valence-electron chi connectivity index (χ2n) is 5.86. The number of rotatable bonds is 4. The van der Waals surface area contributed by atoms with Crippen molar-refractivity contribution in [2.24, 2.45) is 0 Å². The molecule has 2 aromatic heterocycles. The van der Waals surface area contributed by atoms with Gasteiger partial charge in [0.15, 0.2) is 0 Å². The van der Waals surface area contributed by atoms with Gasteiger partial charge >= 0.3 is 0 Å². The number of hydrogen-bond donors (Lipinski definition) is 2. The van der Waals surface area contributed by atoms with Crippen LogP contribution in [0.5, 0.6) is 5.75 Å². The summed E-state index contributed by atoms with van der Waals surface area (Å²) in [5.74, 6) is -0.744. The molecule has 0 bridgehead atoms. The van der Waals surface area contributed by atoms with E-state index < -0.39 is 11.6 Å². The Kier molecular flexibility index (Phi) is 6.01. The lowest BCUT2D eigenvalue weighted by molar-refractivity contribution is 0.0966. The molecule has 0 radical (unpaired) electrons. The lowest BCUT2D eigenvalue weighted by Gasteiger charge is -2.13. The summed E-state index contributed by atoms with van der Waals surface area (Å²) in [4.78, 5) is 20.7. The molecule has 1 aromatic carbocycles. The van der Waals surface area contributed by atoms with Crippen molar-refractivity contribution in [2.45, 2.75) is 20.4 Å². The fraction of sp³-hybridized carbons (Fsp3) is 0.190. The van der Waals surface area contributed by atoms with Crippen molar-refractivity contribution in [1.82, 2.24) is 15.3 Å². The molecule has 0 saturated heterocycles. The van der Waals surface area contributed by atoms with Crippen molar-refractivity contribution in [3.63, 3.8) is 0 Å². The predicted molar refractivity (Wildman–Crippen MR) is 106 cm³/mol. The SMILES string of the molecule is CC.COc1ccc(Nc2cc(-c3c(F)cccc3F)nc3c2C(=O)NC3)nc1. The Morgan fingerprint density at radius 2 is 1.83 bits per heavy atom. The lowest BCUT2D eigenvalue weighted by Crippen LogP contribution is -2.13. The fourth-order valence-electron chi connectivity index (χ4n) is 2.91. The van der Waals surface area contributed by atoms with Crippen LogP contribution in [0.1, 0.15) is 29.9 Å². The van der Waals surface area contributed by atoms with Crippen LogP contribution in [0.15, 0.2) is 42.6 Å². The highest BCUT2D eigenvalue weighted by Gasteiger charge is 2.27. The number of fused-ring (bicyclic) bond motifs is 1. The third-order valence-corrected chi connectivity index (χ3v) is 4.19. The number of nitrogens with one attached hydrogen (secondary N) is 2. The molecule has 4 rings (SSSR count). The van der Waals surface area contributed by atoms with Gasteiger partial charge in [0.05, 0.1) is 48.1 Å². The molecule has 3 heterocycles. The normalized spacial score (nSPS) is 11.8. The van der Waals surface area contributed by atoms with Gasteiger partial charge in [0, 0.05) is 0 Å². The van der Waals surface area contributed by atoms with Crippen LogP contribution in [0, 0.1) is 11.6 Å². The van der Waals surface area contributed by atoms with Crippen LogP contribution in [0.4, 0.5) is 20.3 Å². The second-order valence-corrected chi connectivity index (χ2v) is 5.86. The number of nitrogens with zero attached hydrogens (tertiary/aromatic N) is 2. The number of benzene rings is 1. The second kappa shape index (κ2) is 8.64. The minimum absolute atomic E-state index is 0.0943. The molecule has 8 heteroatoms. The number of anilines is 2. The number of carbonyl (C=O) groups is 1. The summed E-state index contributed by atoms with van der Waals surface area (Å²) in [5.41, 5.74) is 0.955. The maximum atomic E-state index is 14.2. The third-order valence-electron chi connectivity index (χ3n) is 4.19. The number of hydrogen-bond acceptors (Lipinski definition) is 5. The molecule has 0 fully saturated rings. The first-order chi connectivity index (χ1) is 14.1. The molecule has 6 nitrogen and oxygen atoms in total. The van der Waals surface area contributed by atoms with E-state index in [1.807, 2.05) is 13.8 Å². The summed E-state index contributed by atoms with van der Waals surface area (Å²) in [7, 11) is 1.53. The average molecular weight is 398 g/mol. The molecule has 1 amide bonds. The van der Waals surface area contributed by atoms with E-state index in [9.17, 15) is 13.6 Å².